The zero-order valence-electron chi connectivity index (χ0n) is 21.1. The zero-order chi connectivity index (χ0) is 22.7. The molecular weight excluding hydrogens is 410 g/mol. The molecule has 33 heavy (non-hydrogen) atoms. The molecule has 6 heteroatoms. The van der Waals surface area contributed by atoms with Gasteiger partial charge in [0.2, 0.25) is 0 Å². The van der Waals surface area contributed by atoms with Gasteiger partial charge in [-0.3, -0.25) is 9.48 Å². The minimum atomic E-state index is 0.163. The van der Waals surface area contributed by atoms with E-state index in [-0.39, 0.29) is 5.91 Å². The van der Waals surface area contributed by atoms with Crippen molar-refractivity contribution in [3.63, 3.8) is 0 Å². The Morgan fingerprint density at radius 3 is 2.30 bits per heavy atom. The summed E-state index contributed by atoms with van der Waals surface area (Å²) in [5.74, 6) is 3.20. The Bertz CT molecular complexity index is 863. The lowest BCUT2D eigenvalue weighted by atomic mass is 9.49. The summed E-state index contributed by atoms with van der Waals surface area (Å²) >= 11 is 0. The number of likely N-dealkylation sites (N-methyl/N-ethyl adjacent to an activating group) is 2. The van der Waals surface area contributed by atoms with Gasteiger partial charge in [0.1, 0.15) is 0 Å². The third-order valence-corrected chi connectivity index (χ3v) is 9.99. The van der Waals surface area contributed by atoms with E-state index in [0.29, 0.717) is 11.5 Å². The predicted molar refractivity (Wildman–Crippen MR) is 130 cm³/mol. The van der Waals surface area contributed by atoms with Crippen molar-refractivity contribution in [3.05, 3.63) is 17.0 Å². The first-order chi connectivity index (χ1) is 15.9. The largest absolute Gasteiger partial charge is 0.335 e. The lowest BCUT2D eigenvalue weighted by molar-refractivity contribution is -0.0712. The molecule has 1 saturated heterocycles. The second-order valence-electron chi connectivity index (χ2n) is 12.4. The minimum absolute atomic E-state index is 0.163. The summed E-state index contributed by atoms with van der Waals surface area (Å²) in [5, 5.41) is 4.87. The van der Waals surface area contributed by atoms with Gasteiger partial charge in [-0.2, -0.15) is 5.10 Å². The molecule has 182 valence electrons. The van der Waals surface area contributed by atoms with E-state index in [1.54, 1.807) is 0 Å². The van der Waals surface area contributed by atoms with Crippen LogP contribution in [0.5, 0.6) is 0 Å². The van der Waals surface area contributed by atoms with Gasteiger partial charge in [-0.05, 0) is 102 Å². The fourth-order valence-corrected chi connectivity index (χ4v) is 8.78. The molecule has 1 amide bonds. The van der Waals surface area contributed by atoms with Gasteiger partial charge in [0.25, 0.3) is 5.91 Å². The zero-order valence-corrected chi connectivity index (χ0v) is 21.1. The molecule has 5 aliphatic carbocycles. The van der Waals surface area contributed by atoms with Gasteiger partial charge in [-0.25, -0.2) is 0 Å². The van der Waals surface area contributed by atoms with Crippen molar-refractivity contribution in [1.82, 2.24) is 24.5 Å². The molecule has 7 rings (SSSR count). The van der Waals surface area contributed by atoms with E-state index in [2.05, 4.69) is 35.5 Å². The molecule has 1 aliphatic heterocycles. The van der Waals surface area contributed by atoms with E-state index in [9.17, 15) is 4.79 Å². The monoisotopic (exact) mass is 453 g/mol. The van der Waals surface area contributed by atoms with Gasteiger partial charge in [-0.15, -0.1) is 0 Å². The van der Waals surface area contributed by atoms with Crippen LogP contribution in [0.4, 0.5) is 0 Å². The molecule has 0 aromatic carbocycles. The Balaban J connectivity index is 1.19. The smallest absolute Gasteiger partial charge is 0.274 e. The third-order valence-electron chi connectivity index (χ3n) is 9.99. The summed E-state index contributed by atoms with van der Waals surface area (Å²) in [7, 11) is 4.51. The summed E-state index contributed by atoms with van der Waals surface area (Å²) in [5.41, 5.74) is 3.92. The lowest BCUT2D eigenvalue weighted by Crippen LogP contribution is -2.52. The van der Waals surface area contributed by atoms with Crippen LogP contribution in [0, 0.1) is 23.2 Å². The number of nitrogens with zero attached hydrogens (tertiary/aromatic N) is 5. The van der Waals surface area contributed by atoms with Gasteiger partial charge in [0, 0.05) is 56.6 Å². The molecule has 0 N–H and O–H groups in total. The Hall–Kier alpha value is -1.40. The Labute approximate surface area is 199 Å². The number of carbonyl (C=O) groups excluding carboxylic acids is 1. The van der Waals surface area contributed by atoms with E-state index in [0.717, 1.165) is 69.0 Å². The Morgan fingerprint density at radius 2 is 1.70 bits per heavy atom. The van der Waals surface area contributed by atoms with Crippen molar-refractivity contribution in [2.24, 2.45) is 23.2 Å². The van der Waals surface area contributed by atoms with Crippen molar-refractivity contribution in [2.45, 2.75) is 77.3 Å². The number of aryl methyl sites for hydroxylation is 1. The quantitative estimate of drug-likeness (QED) is 0.686. The molecule has 1 aromatic rings. The highest BCUT2D eigenvalue weighted by Crippen LogP contribution is 2.60. The molecule has 1 atom stereocenters. The van der Waals surface area contributed by atoms with Crippen LogP contribution < -0.4 is 0 Å². The van der Waals surface area contributed by atoms with Crippen molar-refractivity contribution >= 4 is 5.91 Å². The van der Waals surface area contributed by atoms with Gasteiger partial charge in [-0.1, -0.05) is 0 Å². The molecule has 2 heterocycles. The van der Waals surface area contributed by atoms with Crippen LogP contribution in [-0.2, 0) is 19.4 Å². The van der Waals surface area contributed by atoms with Gasteiger partial charge >= 0.3 is 0 Å². The number of carbonyl (C=O) groups is 1. The molecule has 5 fully saturated rings. The van der Waals surface area contributed by atoms with Crippen molar-refractivity contribution < 1.29 is 4.79 Å². The van der Waals surface area contributed by atoms with Crippen LogP contribution in [0.1, 0.15) is 73.6 Å². The molecule has 4 bridgehead atoms. The number of aromatic nitrogens is 2. The number of hydrogen-bond acceptors (Lipinski definition) is 4. The fourth-order valence-electron chi connectivity index (χ4n) is 8.78. The minimum Gasteiger partial charge on any atom is -0.335 e. The van der Waals surface area contributed by atoms with E-state index < -0.39 is 0 Å². The second kappa shape index (κ2) is 8.37. The van der Waals surface area contributed by atoms with Crippen LogP contribution in [0.25, 0.3) is 0 Å². The predicted octanol–water partition coefficient (Wildman–Crippen LogP) is 3.30. The number of amides is 1. The Kier molecular flexibility index (Phi) is 5.60. The van der Waals surface area contributed by atoms with Crippen LogP contribution in [-0.4, -0.2) is 83.2 Å². The van der Waals surface area contributed by atoms with E-state index in [1.165, 1.54) is 62.7 Å². The highest BCUT2D eigenvalue weighted by Gasteiger charge is 2.51. The summed E-state index contributed by atoms with van der Waals surface area (Å²) in [6.07, 6.45) is 12.2. The third kappa shape index (κ3) is 3.95. The molecule has 6 nitrogen and oxygen atoms in total. The van der Waals surface area contributed by atoms with Gasteiger partial charge < -0.3 is 14.7 Å². The van der Waals surface area contributed by atoms with E-state index in [4.69, 9.17) is 5.10 Å². The summed E-state index contributed by atoms with van der Waals surface area (Å²) in [6.45, 7) is 7.82. The summed E-state index contributed by atoms with van der Waals surface area (Å²) in [6, 6.07) is 0.541. The number of piperazine rings is 1. The number of rotatable bonds is 5. The van der Waals surface area contributed by atoms with Crippen LogP contribution in [0.15, 0.2) is 0 Å². The first kappa shape index (κ1) is 22.1. The Morgan fingerprint density at radius 1 is 1.06 bits per heavy atom. The molecule has 4 saturated carbocycles. The lowest BCUT2D eigenvalue weighted by Gasteiger charge is -2.58. The van der Waals surface area contributed by atoms with Crippen molar-refractivity contribution in [3.8, 4) is 0 Å². The molecule has 1 aromatic heterocycles. The van der Waals surface area contributed by atoms with Crippen LogP contribution >= 0.6 is 0 Å². The highest BCUT2D eigenvalue weighted by molar-refractivity contribution is 5.94. The standard InChI is InChI=1S/C27H43N5O/c1-4-32-24-6-5-22(14-23(24)25(28-32)26(33)31-9-7-29(2)8-10-31)30(3)18-27-15-19-11-20(16-27)13-21(12-19)17-27/h19-22H,4-18H2,1-3H3/t19?,20?,21?,22-,27?/m1/s1. The molecular formula is C27H43N5O. The topological polar surface area (TPSA) is 44.6 Å². The average molecular weight is 454 g/mol. The average Bonchev–Trinajstić information content (AvgIpc) is 3.16. The van der Waals surface area contributed by atoms with Crippen LogP contribution in [0.3, 0.4) is 0 Å². The first-order valence-electron chi connectivity index (χ1n) is 13.7. The maximum absolute atomic E-state index is 13.5. The number of fused-ring (bicyclic) bond motifs is 1. The number of hydrogen-bond donors (Lipinski definition) is 0. The molecule has 0 radical (unpaired) electrons. The van der Waals surface area contributed by atoms with E-state index >= 15 is 0 Å². The van der Waals surface area contributed by atoms with Gasteiger partial charge in [0.15, 0.2) is 5.69 Å². The maximum atomic E-state index is 13.5. The van der Waals surface area contributed by atoms with Crippen molar-refractivity contribution in [2.75, 3.05) is 46.8 Å². The summed E-state index contributed by atoms with van der Waals surface area (Å²) in [4.78, 5) is 20.5. The van der Waals surface area contributed by atoms with Crippen LogP contribution in [0.2, 0.25) is 0 Å². The van der Waals surface area contributed by atoms with Crippen molar-refractivity contribution in [1.29, 1.82) is 0 Å². The SMILES string of the molecule is CCn1nc(C(=O)N2CCN(C)CC2)c2c1CC[C@@H](N(C)CC13CC4CC(CC(C4)C1)C3)C2. The molecule has 6 aliphatic rings. The highest BCUT2D eigenvalue weighted by atomic mass is 16.2. The van der Waals surface area contributed by atoms with Gasteiger partial charge in [0.05, 0.1) is 0 Å². The summed E-state index contributed by atoms with van der Waals surface area (Å²) < 4.78 is 2.12. The second-order valence-corrected chi connectivity index (χ2v) is 12.4. The first-order valence-corrected chi connectivity index (χ1v) is 13.7. The molecule has 0 spiro atoms. The normalized spacial score (nSPS) is 35.9. The molecule has 0 unspecified atom stereocenters. The fraction of sp³-hybridized carbons (Fsp3) is 0.852. The van der Waals surface area contributed by atoms with E-state index in [1.807, 2.05) is 4.90 Å². The maximum Gasteiger partial charge on any atom is 0.274 e.